The van der Waals surface area contributed by atoms with E-state index in [1.165, 1.54) is 18.5 Å². The zero-order valence-corrected chi connectivity index (χ0v) is 7.60. The standard InChI is InChI=1S/C7H4NO3Se/c9-6(11-7(10)12)5-2-1-3-8-4-5/h1-4H. The summed E-state index contributed by atoms with van der Waals surface area (Å²) in [5.74, 6) is -0.702. The average Bonchev–Trinajstić information content (AvgIpc) is 2.05. The Morgan fingerprint density at radius 2 is 2.25 bits per heavy atom. The van der Waals surface area contributed by atoms with E-state index in [0.717, 1.165) is 0 Å². The van der Waals surface area contributed by atoms with Gasteiger partial charge in [-0.05, 0) is 0 Å². The second kappa shape index (κ2) is 3.99. The molecular formula is C7H4NO3Se. The Balaban J connectivity index is 2.73. The summed E-state index contributed by atoms with van der Waals surface area (Å²) < 4.78 is 4.26. The molecule has 0 aliphatic carbocycles. The van der Waals surface area contributed by atoms with Gasteiger partial charge in [0, 0.05) is 0 Å². The van der Waals surface area contributed by atoms with E-state index in [0.29, 0.717) is 0 Å². The van der Waals surface area contributed by atoms with Gasteiger partial charge in [0.2, 0.25) is 0 Å². The molecule has 0 fully saturated rings. The SMILES string of the molecule is O=C([Se])OC(=O)c1cccnc1. The number of carbonyl (C=O) groups excluding carboxylic acids is 2. The quantitative estimate of drug-likeness (QED) is 0.400. The van der Waals surface area contributed by atoms with Crippen molar-refractivity contribution in [3.8, 4) is 0 Å². The van der Waals surface area contributed by atoms with E-state index in [9.17, 15) is 9.59 Å². The minimum absolute atomic E-state index is 0.251. The number of esters is 1. The molecular weight excluding hydrogens is 225 g/mol. The first-order valence-electron chi connectivity index (χ1n) is 3.03. The van der Waals surface area contributed by atoms with Crippen molar-refractivity contribution >= 4 is 26.8 Å². The van der Waals surface area contributed by atoms with Gasteiger partial charge >= 0.3 is 76.2 Å². The summed E-state index contributed by atoms with van der Waals surface area (Å²) in [6.45, 7) is 0. The number of hydrogen-bond acceptors (Lipinski definition) is 4. The summed E-state index contributed by atoms with van der Waals surface area (Å²) >= 11 is 2.04. The molecule has 12 heavy (non-hydrogen) atoms. The Bertz CT molecular complexity index is 299. The van der Waals surface area contributed by atoms with Crippen molar-refractivity contribution in [2.75, 3.05) is 0 Å². The van der Waals surface area contributed by atoms with Gasteiger partial charge in [-0.2, -0.15) is 0 Å². The number of aromatic nitrogens is 1. The number of ether oxygens (including phenoxy) is 1. The van der Waals surface area contributed by atoms with Gasteiger partial charge < -0.3 is 0 Å². The molecule has 0 saturated carbocycles. The molecule has 1 rings (SSSR count). The van der Waals surface area contributed by atoms with Crippen LogP contribution in [0.15, 0.2) is 24.5 Å². The van der Waals surface area contributed by atoms with Crippen LogP contribution in [-0.2, 0) is 4.74 Å². The fourth-order valence-electron chi connectivity index (χ4n) is 0.618. The van der Waals surface area contributed by atoms with Crippen LogP contribution >= 0.6 is 0 Å². The summed E-state index contributed by atoms with van der Waals surface area (Å²) in [4.78, 5) is 24.2. The van der Waals surface area contributed by atoms with Crippen LogP contribution in [0.25, 0.3) is 0 Å². The monoisotopic (exact) mass is 230 g/mol. The van der Waals surface area contributed by atoms with E-state index in [4.69, 9.17) is 0 Å². The molecule has 1 aromatic rings. The molecule has 4 nitrogen and oxygen atoms in total. The zero-order valence-electron chi connectivity index (χ0n) is 5.89. The van der Waals surface area contributed by atoms with Gasteiger partial charge in [-0.25, -0.2) is 0 Å². The van der Waals surface area contributed by atoms with Gasteiger partial charge in [-0.15, -0.1) is 0 Å². The second-order valence-electron chi connectivity index (χ2n) is 1.88. The average molecular weight is 229 g/mol. The number of hydrogen-bond donors (Lipinski definition) is 0. The molecule has 0 N–H and O–H groups in total. The molecule has 1 heterocycles. The van der Waals surface area contributed by atoms with E-state index < -0.39 is 10.8 Å². The molecule has 61 valence electrons. The van der Waals surface area contributed by atoms with E-state index in [1.54, 1.807) is 6.07 Å². The normalized spacial score (nSPS) is 9.00. The third-order valence-electron chi connectivity index (χ3n) is 1.07. The summed E-state index contributed by atoms with van der Waals surface area (Å²) in [5, 5.41) is 0. The molecule has 0 atom stereocenters. The fraction of sp³-hybridized carbons (Fsp3) is 0. The van der Waals surface area contributed by atoms with Crippen LogP contribution in [0, 0.1) is 0 Å². The van der Waals surface area contributed by atoms with Crippen molar-refractivity contribution in [2.45, 2.75) is 0 Å². The van der Waals surface area contributed by atoms with Crippen LogP contribution in [0.5, 0.6) is 0 Å². The number of rotatable bonds is 1. The Hall–Kier alpha value is -1.19. The third kappa shape index (κ3) is 2.45. The maximum atomic E-state index is 11.0. The van der Waals surface area contributed by atoms with Crippen molar-refractivity contribution < 1.29 is 14.3 Å². The summed E-state index contributed by atoms with van der Waals surface area (Å²) in [6.07, 6.45) is 2.85. The molecule has 0 saturated heterocycles. The van der Waals surface area contributed by atoms with Crippen molar-refractivity contribution in [1.82, 2.24) is 4.98 Å². The van der Waals surface area contributed by atoms with Gasteiger partial charge in [0.25, 0.3) is 0 Å². The van der Waals surface area contributed by atoms with Crippen LogP contribution in [0.2, 0.25) is 0 Å². The fourth-order valence-corrected chi connectivity index (χ4v) is 0.777. The van der Waals surface area contributed by atoms with Crippen LogP contribution in [-0.4, -0.2) is 31.8 Å². The second-order valence-corrected chi connectivity index (χ2v) is 2.58. The minimum atomic E-state index is -0.746. The molecule has 0 aliphatic rings. The van der Waals surface area contributed by atoms with Crippen LogP contribution in [0.3, 0.4) is 0 Å². The van der Waals surface area contributed by atoms with Gasteiger partial charge in [-0.1, -0.05) is 0 Å². The molecule has 0 bridgehead atoms. The Labute approximate surface area is 76.8 Å². The summed E-state index contributed by atoms with van der Waals surface area (Å²) in [5.41, 5.74) is 0.251. The van der Waals surface area contributed by atoms with Crippen LogP contribution in [0.1, 0.15) is 10.4 Å². The third-order valence-corrected chi connectivity index (χ3v) is 1.25. The molecule has 5 heteroatoms. The van der Waals surface area contributed by atoms with Crippen molar-refractivity contribution in [3.63, 3.8) is 0 Å². The summed E-state index contributed by atoms with van der Waals surface area (Å²) in [7, 11) is 0. The predicted octanol–water partition coefficient (Wildman–Crippen LogP) is 0.527. The molecule has 1 radical (unpaired) electrons. The molecule has 0 spiro atoms. The van der Waals surface area contributed by atoms with E-state index >= 15 is 0 Å². The number of carbonyl (C=O) groups is 2. The van der Waals surface area contributed by atoms with Crippen molar-refractivity contribution in [2.24, 2.45) is 0 Å². The molecule has 1 aromatic heterocycles. The van der Waals surface area contributed by atoms with Gasteiger partial charge in [0.15, 0.2) is 0 Å². The van der Waals surface area contributed by atoms with Crippen molar-refractivity contribution in [1.29, 1.82) is 0 Å². The van der Waals surface area contributed by atoms with Gasteiger partial charge in [-0.3, -0.25) is 0 Å². The first-order chi connectivity index (χ1) is 5.70. The number of nitrogens with zero attached hydrogens (tertiary/aromatic N) is 1. The molecule has 0 amide bonds. The summed E-state index contributed by atoms with van der Waals surface area (Å²) in [6, 6.07) is 3.10. The Morgan fingerprint density at radius 3 is 2.75 bits per heavy atom. The van der Waals surface area contributed by atoms with Gasteiger partial charge in [0.05, 0.1) is 0 Å². The first kappa shape index (κ1) is 8.90. The van der Waals surface area contributed by atoms with Crippen LogP contribution in [0.4, 0.5) is 4.79 Å². The molecule has 0 aliphatic heterocycles. The van der Waals surface area contributed by atoms with E-state index in [-0.39, 0.29) is 5.56 Å². The van der Waals surface area contributed by atoms with E-state index in [2.05, 4.69) is 9.72 Å². The van der Waals surface area contributed by atoms with E-state index in [1.807, 2.05) is 16.0 Å². The molecule has 0 aromatic carbocycles. The molecule has 0 unspecified atom stereocenters. The Morgan fingerprint density at radius 1 is 1.50 bits per heavy atom. The topological polar surface area (TPSA) is 56.3 Å². The zero-order chi connectivity index (χ0) is 8.97. The van der Waals surface area contributed by atoms with Gasteiger partial charge in [0.1, 0.15) is 0 Å². The van der Waals surface area contributed by atoms with Crippen molar-refractivity contribution in [3.05, 3.63) is 30.1 Å². The predicted molar refractivity (Wildman–Crippen MR) is 40.8 cm³/mol. The van der Waals surface area contributed by atoms with Crippen LogP contribution < -0.4 is 0 Å². The first-order valence-corrected chi connectivity index (χ1v) is 3.89. The maximum absolute atomic E-state index is 11.0. The number of pyridine rings is 1. The Kier molecular flexibility index (Phi) is 2.96.